The number of nitrogens with one attached hydrogen (secondary N) is 2. The van der Waals surface area contributed by atoms with Crippen molar-refractivity contribution in [1.82, 2.24) is 15.5 Å². The van der Waals surface area contributed by atoms with Gasteiger partial charge >= 0.3 is 0 Å². The van der Waals surface area contributed by atoms with Gasteiger partial charge in [0.05, 0.1) is 0 Å². The smallest absolute Gasteiger partial charge is 0.231 e. The van der Waals surface area contributed by atoms with Crippen LogP contribution in [-0.4, -0.2) is 50.4 Å². The van der Waals surface area contributed by atoms with E-state index in [1.54, 1.807) is 0 Å². The Balaban J connectivity index is 1.11. The van der Waals surface area contributed by atoms with Gasteiger partial charge in [0, 0.05) is 44.7 Å². The first kappa shape index (κ1) is 20.2. The lowest BCUT2D eigenvalue weighted by Crippen LogP contribution is -2.49. The minimum atomic E-state index is 0.178. The van der Waals surface area contributed by atoms with Crippen LogP contribution in [0.5, 0.6) is 11.5 Å². The molecule has 0 atom stereocenters. The van der Waals surface area contributed by atoms with Gasteiger partial charge in [-0.15, -0.1) is 0 Å². The standard InChI is InChI=1S/C25H32N4O2/c1-26-24(28-21-9-13-29(14-10-21)16-19-5-3-2-4-6-19)27-17-25(11-12-25)20-7-8-22-23(15-20)31-18-30-22/h2-8,15,21H,9-14,16-18H2,1H3,(H2,26,27,28). The summed E-state index contributed by atoms with van der Waals surface area (Å²) in [6, 6.07) is 17.6. The Labute approximate surface area is 184 Å². The highest BCUT2D eigenvalue weighted by atomic mass is 16.7. The molecule has 2 aliphatic heterocycles. The van der Waals surface area contributed by atoms with Crippen LogP contribution in [-0.2, 0) is 12.0 Å². The van der Waals surface area contributed by atoms with E-state index in [4.69, 9.17) is 9.47 Å². The van der Waals surface area contributed by atoms with Crippen LogP contribution in [0.25, 0.3) is 0 Å². The predicted octanol–water partition coefficient (Wildman–Crippen LogP) is 3.28. The average Bonchev–Trinajstić information content (AvgIpc) is 3.46. The maximum absolute atomic E-state index is 5.57. The van der Waals surface area contributed by atoms with Crippen molar-refractivity contribution < 1.29 is 9.47 Å². The molecule has 31 heavy (non-hydrogen) atoms. The van der Waals surface area contributed by atoms with Crippen molar-refractivity contribution >= 4 is 5.96 Å². The van der Waals surface area contributed by atoms with Crippen molar-refractivity contribution in [3.8, 4) is 11.5 Å². The van der Waals surface area contributed by atoms with E-state index in [0.29, 0.717) is 12.8 Å². The summed E-state index contributed by atoms with van der Waals surface area (Å²) in [5.41, 5.74) is 2.90. The second kappa shape index (κ2) is 8.79. The van der Waals surface area contributed by atoms with E-state index in [2.05, 4.69) is 63.0 Å². The normalized spacial score (nSPS) is 20.5. The van der Waals surface area contributed by atoms with Gasteiger partial charge in [-0.05, 0) is 48.9 Å². The Bertz CT molecular complexity index is 918. The fourth-order valence-electron chi connectivity index (χ4n) is 4.66. The van der Waals surface area contributed by atoms with Crippen molar-refractivity contribution in [3.05, 3.63) is 59.7 Å². The van der Waals surface area contributed by atoms with Crippen LogP contribution in [0.2, 0.25) is 0 Å². The molecule has 0 aromatic heterocycles. The van der Waals surface area contributed by atoms with E-state index in [0.717, 1.165) is 56.5 Å². The summed E-state index contributed by atoms with van der Waals surface area (Å²) in [5, 5.41) is 7.24. The number of ether oxygens (including phenoxy) is 2. The zero-order valence-corrected chi connectivity index (χ0v) is 18.3. The highest BCUT2D eigenvalue weighted by molar-refractivity contribution is 5.80. The van der Waals surface area contributed by atoms with Gasteiger partial charge in [0.1, 0.15) is 0 Å². The van der Waals surface area contributed by atoms with Crippen molar-refractivity contribution in [2.75, 3.05) is 33.5 Å². The maximum atomic E-state index is 5.57. The lowest BCUT2D eigenvalue weighted by Gasteiger charge is -2.33. The summed E-state index contributed by atoms with van der Waals surface area (Å²) < 4.78 is 11.0. The molecule has 2 aromatic carbocycles. The van der Waals surface area contributed by atoms with Crippen molar-refractivity contribution in [2.45, 2.75) is 43.7 Å². The molecule has 2 aromatic rings. The van der Waals surface area contributed by atoms with Crippen molar-refractivity contribution in [2.24, 2.45) is 4.99 Å². The summed E-state index contributed by atoms with van der Waals surface area (Å²) in [5.74, 6) is 2.63. The molecule has 1 saturated carbocycles. The molecule has 1 aliphatic carbocycles. The molecule has 5 rings (SSSR count). The molecule has 0 spiro atoms. The number of hydrogen-bond donors (Lipinski definition) is 2. The Kier molecular flexibility index (Phi) is 5.72. The van der Waals surface area contributed by atoms with Crippen molar-refractivity contribution in [3.63, 3.8) is 0 Å². The summed E-state index contributed by atoms with van der Waals surface area (Å²) in [6.45, 7) is 4.48. The third-order valence-electron chi connectivity index (χ3n) is 6.83. The van der Waals surface area contributed by atoms with Gasteiger partial charge in [-0.25, -0.2) is 0 Å². The van der Waals surface area contributed by atoms with Gasteiger partial charge in [-0.2, -0.15) is 0 Å². The van der Waals surface area contributed by atoms with Crippen LogP contribution >= 0.6 is 0 Å². The summed E-state index contributed by atoms with van der Waals surface area (Å²) in [7, 11) is 1.86. The third kappa shape index (κ3) is 4.64. The molecule has 0 unspecified atom stereocenters. The molecule has 6 nitrogen and oxygen atoms in total. The molecular weight excluding hydrogens is 388 g/mol. The number of piperidine rings is 1. The summed E-state index contributed by atoms with van der Waals surface area (Å²) in [4.78, 5) is 7.03. The predicted molar refractivity (Wildman–Crippen MR) is 123 cm³/mol. The maximum Gasteiger partial charge on any atom is 0.231 e. The molecule has 164 valence electrons. The number of aliphatic imine (C=N–C) groups is 1. The molecule has 0 radical (unpaired) electrons. The van der Waals surface area contributed by atoms with E-state index in [1.165, 1.54) is 24.0 Å². The van der Waals surface area contributed by atoms with E-state index in [1.807, 2.05) is 13.1 Å². The molecule has 0 amide bonds. The fraction of sp³-hybridized carbons (Fsp3) is 0.480. The minimum Gasteiger partial charge on any atom is -0.454 e. The van der Waals surface area contributed by atoms with Gasteiger partial charge in [0.15, 0.2) is 17.5 Å². The Morgan fingerprint density at radius 2 is 1.84 bits per heavy atom. The van der Waals surface area contributed by atoms with Crippen LogP contribution in [0.15, 0.2) is 53.5 Å². The molecule has 2 heterocycles. The first-order valence-electron chi connectivity index (χ1n) is 11.4. The molecule has 1 saturated heterocycles. The Morgan fingerprint density at radius 3 is 2.58 bits per heavy atom. The molecular formula is C25H32N4O2. The number of benzene rings is 2. The van der Waals surface area contributed by atoms with Crippen LogP contribution in [0.1, 0.15) is 36.8 Å². The largest absolute Gasteiger partial charge is 0.454 e. The quantitative estimate of drug-likeness (QED) is 0.555. The van der Waals surface area contributed by atoms with Crippen LogP contribution < -0.4 is 20.1 Å². The van der Waals surface area contributed by atoms with E-state index in [-0.39, 0.29) is 5.41 Å². The van der Waals surface area contributed by atoms with E-state index >= 15 is 0 Å². The zero-order chi connectivity index (χ0) is 21.1. The lowest BCUT2D eigenvalue weighted by molar-refractivity contribution is 0.174. The highest BCUT2D eigenvalue weighted by Crippen LogP contribution is 2.49. The second-order valence-corrected chi connectivity index (χ2v) is 8.95. The van der Waals surface area contributed by atoms with Crippen LogP contribution in [0, 0.1) is 0 Å². The Morgan fingerprint density at radius 1 is 1.06 bits per heavy atom. The Hall–Kier alpha value is -2.73. The molecule has 0 bridgehead atoms. The number of guanidine groups is 1. The second-order valence-electron chi connectivity index (χ2n) is 8.95. The average molecular weight is 421 g/mol. The van der Waals surface area contributed by atoms with Gasteiger partial charge in [-0.3, -0.25) is 9.89 Å². The third-order valence-corrected chi connectivity index (χ3v) is 6.83. The van der Waals surface area contributed by atoms with Gasteiger partial charge < -0.3 is 20.1 Å². The van der Waals surface area contributed by atoms with Gasteiger partial charge in [0.2, 0.25) is 6.79 Å². The number of likely N-dealkylation sites (tertiary alicyclic amines) is 1. The number of rotatable bonds is 6. The van der Waals surface area contributed by atoms with Crippen LogP contribution in [0.4, 0.5) is 0 Å². The monoisotopic (exact) mass is 420 g/mol. The topological polar surface area (TPSA) is 58.1 Å². The lowest BCUT2D eigenvalue weighted by atomic mass is 9.95. The molecule has 2 N–H and O–H groups in total. The molecule has 2 fully saturated rings. The fourth-order valence-corrected chi connectivity index (χ4v) is 4.66. The van der Waals surface area contributed by atoms with Crippen molar-refractivity contribution in [1.29, 1.82) is 0 Å². The van der Waals surface area contributed by atoms with Gasteiger partial charge in [0.25, 0.3) is 0 Å². The SMILES string of the molecule is CN=C(NCC1(c2ccc3c(c2)OCO3)CC1)NC1CCN(Cc2ccccc2)CC1. The first-order chi connectivity index (χ1) is 15.2. The summed E-state index contributed by atoms with van der Waals surface area (Å²) >= 11 is 0. The molecule has 6 heteroatoms. The van der Waals surface area contributed by atoms with Gasteiger partial charge in [-0.1, -0.05) is 36.4 Å². The summed E-state index contributed by atoms with van der Waals surface area (Å²) in [6.07, 6.45) is 4.66. The number of fused-ring (bicyclic) bond motifs is 1. The van der Waals surface area contributed by atoms with Crippen LogP contribution in [0.3, 0.4) is 0 Å². The molecule has 3 aliphatic rings. The number of nitrogens with zero attached hydrogens (tertiary/aromatic N) is 2. The highest BCUT2D eigenvalue weighted by Gasteiger charge is 2.45. The zero-order valence-electron chi connectivity index (χ0n) is 18.3. The van der Waals surface area contributed by atoms with E-state index in [9.17, 15) is 0 Å². The first-order valence-corrected chi connectivity index (χ1v) is 11.4. The van der Waals surface area contributed by atoms with E-state index < -0.39 is 0 Å². The number of hydrogen-bond acceptors (Lipinski definition) is 4. The minimum absolute atomic E-state index is 0.178.